The molecule has 0 saturated carbocycles. The maximum Gasteiger partial charge on any atom is 0.269 e. The SMILES string of the molecule is Cc1ccc(Oc2nc3c(C)cccn3c(=O)c2C=C(C#N)C(=O)NCCc2ccccc2)cc1. The first-order valence-corrected chi connectivity index (χ1v) is 11.2. The van der Waals surface area contributed by atoms with Gasteiger partial charge in [0.2, 0.25) is 5.88 Å². The highest BCUT2D eigenvalue weighted by atomic mass is 16.5. The van der Waals surface area contributed by atoms with Crippen LogP contribution in [0.5, 0.6) is 11.6 Å². The van der Waals surface area contributed by atoms with Gasteiger partial charge in [-0.15, -0.1) is 0 Å². The zero-order valence-corrected chi connectivity index (χ0v) is 19.5. The summed E-state index contributed by atoms with van der Waals surface area (Å²) in [5.41, 5.74) is 2.71. The number of aromatic nitrogens is 2. The Morgan fingerprint density at radius 2 is 1.83 bits per heavy atom. The summed E-state index contributed by atoms with van der Waals surface area (Å²) in [5, 5.41) is 12.4. The second kappa shape index (κ2) is 10.5. The van der Waals surface area contributed by atoms with E-state index in [4.69, 9.17) is 4.74 Å². The van der Waals surface area contributed by atoms with Crippen molar-refractivity contribution >= 4 is 17.6 Å². The van der Waals surface area contributed by atoms with E-state index >= 15 is 0 Å². The minimum absolute atomic E-state index is 0.0171. The Bertz CT molecular complexity index is 1500. The number of nitrogens with zero attached hydrogens (tertiary/aromatic N) is 3. The molecule has 2 aromatic heterocycles. The molecule has 7 heteroatoms. The molecule has 0 aliphatic carbocycles. The molecule has 174 valence electrons. The zero-order chi connectivity index (χ0) is 24.8. The number of hydrogen-bond acceptors (Lipinski definition) is 5. The van der Waals surface area contributed by atoms with Crippen molar-refractivity contribution in [1.29, 1.82) is 5.26 Å². The summed E-state index contributed by atoms with van der Waals surface area (Å²) in [7, 11) is 0. The molecular weight excluding hydrogens is 440 g/mol. The molecule has 4 rings (SSSR count). The molecule has 2 heterocycles. The van der Waals surface area contributed by atoms with E-state index < -0.39 is 11.5 Å². The molecule has 0 fully saturated rings. The van der Waals surface area contributed by atoms with Crippen molar-refractivity contribution in [2.24, 2.45) is 0 Å². The molecule has 35 heavy (non-hydrogen) atoms. The number of nitriles is 1. The van der Waals surface area contributed by atoms with Crippen molar-refractivity contribution < 1.29 is 9.53 Å². The molecule has 0 bridgehead atoms. The van der Waals surface area contributed by atoms with E-state index in [1.54, 1.807) is 24.4 Å². The largest absolute Gasteiger partial charge is 0.438 e. The third kappa shape index (κ3) is 5.45. The van der Waals surface area contributed by atoms with E-state index in [2.05, 4.69) is 10.3 Å². The Morgan fingerprint density at radius 1 is 1.09 bits per heavy atom. The highest BCUT2D eigenvalue weighted by Crippen LogP contribution is 2.25. The van der Waals surface area contributed by atoms with E-state index in [-0.39, 0.29) is 17.0 Å². The Morgan fingerprint density at radius 3 is 2.54 bits per heavy atom. The molecule has 0 unspecified atom stereocenters. The van der Waals surface area contributed by atoms with Crippen LogP contribution in [0.2, 0.25) is 0 Å². The van der Waals surface area contributed by atoms with Gasteiger partial charge in [-0.05, 0) is 55.7 Å². The summed E-state index contributed by atoms with van der Waals surface area (Å²) in [5.74, 6) is -0.0580. The van der Waals surface area contributed by atoms with Crippen LogP contribution in [0.25, 0.3) is 11.7 Å². The van der Waals surface area contributed by atoms with E-state index in [1.807, 2.05) is 68.4 Å². The van der Waals surface area contributed by atoms with Crippen molar-refractivity contribution in [2.45, 2.75) is 20.3 Å². The van der Waals surface area contributed by atoms with Gasteiger partial charge in [0, 0.05) is 12.7 Å². The fraction of sp³-hybridized carbons (Fsp3) is 0.143. The van der Waals surface area contributed by atoms with Crippen LogP contribution in [0, 0.1) is 25.2 Å². The fourth-order valence-corrected chi connectivity index (χ4v) is 3.56. The minimum atomic E-state index is -0.571. The van der Waals surface area contributed by atoms with Crippen LogP contribution in [0.3, 0.4) is 0 Å². The van der Waals surface area contributed by atoms with Gasteiger partial charge in [-0.3, -0.25) is 14.0 Å². The Balaban J connectivity index is 1.70. The Labute approximate surface area is 203 Å². The summed E-state index contributed by atoms with van der Waals surface area (Å²) >= 11 is 0. The molecule has 0 spiro atoms. The van der Waals surface area contributed by atoms with Crippen molar-refractivity contribution in [1.82, 2.24) is 14.7 Å². The van der Waals surface area contributed by atoms with E-state index in [9.17, 15) is 14.9 Å². The second-order valence-corrected chi connectivity index (χ2v) is 8.10. The highest BCUT2D eigenvalue weighted by molar-refractivity contribution is 6.01. The van der Waals surface area contributed by atoms with E-state index in [1.165, 1.54) is 10.5 Å². The number of hydrogen-bond donors (Lipinski definition) is 1. The van der Waals surface area contributed by atoms with Crippen LogP contribution in [-0.4, -0.2) is 21.8 Å². The second-order valence-electron chi connectivity index (χ2n) is 8.10. The topological polar surface area (TPSA) is 96.5 Å². The average molecular weight is 465 g/mol. The van der Waals surface area contributed by atoms with Crippen LogP contribution in [0.4, 0.5) is 0 Å². The predicted octanol–water partition coefficient (Wildman–Crippen LogP) is 4.37. The smallest absolute Gasteiger partial charge is 0.269 e. The number of carbonyl (C=O) groups is 1. The molecule has 2 aromatic carbocycles. The zero-order valence-electron chi connectivity index (χ0n) is 19.5. The maximum absolute atomic E-state index is 13.4. The first-order chi connectivity index (χ1) is 17.0. The van der Waals surface area contributed by atoms with Gasteiger partial charge in [0.15, 0.2) is 0 Å². The Hall–Kier alpha value is -4.70. The Kier molecular flexibility index (Phi) is 7.03. The van der Waals surface area contributed by atoms with Gasteiger partial charge in [0.1, 0.15) is 28.6 Å². The van der Waals surface area contributed by atoms with Gasteiger partial charge in [-0.25, -0.2) is 0 Å². The number of nitrogens with one attached hydrogen (secondary N) is 1. The molecule has 1 N–H and O–H groups in total. The molecule has 0 radical (unpaired) electrons. The molecule has 0 atom stereocenters. The van der Waals surface area contributed by atoms with Crippen molar-refractivity contribution in [3.63, 3.8) is 0 Å². The van der Waals surface area contributed by atoms with Crippen LogP contribution in [-0.2, 0) is 11.2 Å². The van der Waals surface area contributed by atoms with Crippen LogP contribution in [0.1, 0.15) is 22.3 Å². The van der Waals surface area contributed by atoms with Gasteiger partial charge < -0.3 is 10.1 Å². The maximum atomic E-state index is 13.4. The lowest BCUT2D eigenvalue weighted by atomic mass is 10.1. The molecule has 0 aliphatic heterocycles. The van der Waals surface area contributed by atoms with Crippen molar-refractivity contribution in [2.75, 3.05) is 6.54 Å². The monoisotopic (exact) mass is 464 g/mol. The van der Waals surface area contributed by atoms with Crippen LogP contribution < -0.4 is 15.6 Å². The van der Waals surface area contributed by atoms with Crippen LogP contribution >= 0.6 is 0 Å². The van der Waals surface area contributed by atoms with E-state index in [0.29, 0.717) is 24.4 Å². The molecule has 1 amide bonds. The quantitative estimate of drug-likeness (QED) is 0.324. The van der Waals surface area contributed by atoms with Gasteiger partial charge in [0.05, 0.1) is 0 Å². The number of ether oxygens (including phenoxy) is 1. The third-order valence-corrected chi connectivity index (χ3v) is 5.48. The number of benzene rings is 2. The lowest BCUT2D eigenvalue weighted by Crippen LogP contribution is -2.27. The van der Waals surface area contributed by atoms with Gasteiger partial charge in [-0.1, -0.05) is 54.1 Å². The summed E-state index contributed by atoms with van der Waals surface area (Å²) < 4.78 is 7.34. The first kappa shape index (κ1) is 23.5. The van der Waals surface area contributed by atoms with Crippen LogP contribution in [0.15, 0.2) is 83.3 Å². The average Bonchev–Trinajstić information content (AvgIpc) is 2.86. The summed E-state index contributed by atoms with van der Waals surface area (Å²) in [4.78, 5) is 30.7. The highest BCUT2D eigenvalue weighted by Gasteiger charge is 2.18. The summed E-state index contributed by atoms with van der Waals surface area (Å²) in [6.07, 6.45) is 3.45. The molecule has 7 nitrogen and oxygen atoms in total. The normalized spacial score (nSPS) is 11.2. The predicted molar refractivity (Wildman–Crippen MR) is 134 cm³/mol. The van der Waals surface area contributed by atoms with Gasteiger partial charge >= 0.3 is 0 Å². The van der Waals surface area contributed by atoms with E-state index in [0.717, 1.165) is 16.7 Å². The molecule has 4 aromatic rings. The molecule has 0 saturated heterocycles. The molecule has 0 aliphatic rings. The lowest BCUT2D eigenvalue weighted by molar-refractivity contribution is -0.117. The fourth-order valence-electron chi connectivity index (χ4n) is 3.56. The summed E-state index contributed by atoms with van der Waals surface area (Å²) in [6.45, 7) is 4.15. The number of pyridine rings is 1. The number of aryl methyl sites for hydroxylation is 2. The number of fused-ring (bicyclic) bond motifs is 1. The summed E-state index contributed by atoms with van der Waals surface area (Å²) in [6, 6.07) is 22.5. The number of amides is 1. The van der Waals surface area contributed by atoms with Crippen molar-refractivity contribution in [3.05, 3.63) is 111 Å². The van der Waals surface area contributed by atoms with Crippen molar-refractivity contribution in [3.8, 4) is 17.7 Å². The standard InChI is InChI=1S/C28H24N4O3/c1-19-10-12-23(13-11-19)35-27-24(28(34)32-16-6-7-20(2)25(32)31-27)17-22(18-29)26(33)30-15-14-21-8-4-3-5-9-21/h3-13,16-17H,14-15H2,1-2H3,(H,30,33). The number of rotatable bonds is 7. The van der Waals surface area contributed by atoms with Gasteiger partial charge in [0.25, 0.3) is 11.5 Å². The van der Waals surface area contributed by atoms with Gasteiger partial charge in [-0.2, -0.15) is 10.2 Å². The lowest BCUT2D eigenvalue weighted by Gasteiger charge is -2.12. The minimum Gasteiger partial charge on any atom is -0.438 e. The number of carbonyl (C=O) groups excluding carboxylic acids is 1. The third-order valence-electron chi connectivity index (χ3n) is 5.48. The first-order valence-electron chi connectivity index (χ1n) is 11.2. The molecular formula is C28H24N4O3.